The zero-order valence-electron chi connectivity index (χ0n) is 45.2. The SMILES string of the molecule is Cc1cnc(Nc2ccc(N3CCN(C(=O)CCOCCOCCC(=O)NC(C(=O)N4C[C@H](O)C[C@H]4C(=O)NCc4ccc(-c5scnc5C)cc4)C(C)(C)C)CC3)cc2)nc1Nc1cccc(S(=O)(=O)NC(C)(C)C)c1. The second kappa shape index (κ2) is 25.7. The Balaban J connectivity index is 0.770. The van der Waals surface area contributed by atoms with Crippen LogP contribution >= 0.6 is 11.3 Å². The zero-order valence-corrected chi connectivity index (χ0v) is 46.9. The van der Waals surface area contributed by atoms with E-state index < -0.39 is 45.1 Å². The summed E-state index contributed by atoms with van der Waals surface area (Å²) in [7, 11) is -3.73. The minimum Gasteiger partial charge on any atom is -0.391 e. The molecule has 414 valence electrons. The molecule has 77 heavy (non-hydrogen) atoms. The van der Waals surface area contributed by atoms with E-state index in [0.29, 0.717) is 43.6 Å². The van der Waals surface area contributed by atoms with Crippen molar-refractivity contribution in [2.45, 2.75) is 110 Å². The summed E-state index contributed by atoms with van der Waals surface area (Å²) >= 11 is 1.57. The molecule has 22 heteroatoms. The number of aliphatic hydroxyl groups excluding tert-OH is 1. The lowest BCUT2D eigenvalue weighted by Crippen LogP contribution is -2.57. The number of piperazine rings is 1. The first-order valence-electron chi connectivity index (χ1n) is 25.9. The van der Waals surface area contributed by atoms with E-state index in [1.54, 1.807) is 62.6 Å². The van der Waals surface area contributed by atoms with Crippen molar-refractivity contribution in [3.63, 3.8) is 0 Å². The number of likely N-dealkylation sites (tertiary alicyclic amines) is 1. The molecule has 2 saturated heterocycles. The first-order valence-corrected chi connectivity index (χ1v) is 28.2. The molecule has 2 aliphatic rings. The number of aryl methyl sites for hydroxylation is 2. The van der Waals surface area contributed by atoms with Gasteiger partial charge in [0.05, 0.1) is 59.9 Å². The molecule has 7 rings (SSSR count). The van der Waals surface area contributed by atoms with Crippen LogP contribution in [0.5, 0.6) is 0 Å². The Kier molecular flexibility index (Phi) is 19.4. The average Bonchev–Trinajstić information content (AvgIpc) is 4.01. The highest BCUT2D eigenvalue weighted by Crippen LogP contribution is 2.30. The molecule has 5 aromatic rings. The van der Waals surface area contributed by atoms with Crippen LogP contribution in [0, 0.1) is 19.3 Å². The Bertz CT molecular complexity index is 2940. The molecule has 3 atom stereocenters. The normalized spacial score (nSPS) is 16.5. The monoisotopic (exact) mass is 1100 g/mol. The molecular weight excluding hydrogens is 1020 g/mol. The van der Waals surface area contributed by atoms with Gasteiger partial charge in [-0.3, -0.25) is 19.2 Å². The molecule has 6 N–H and O–H groups in total. The van der Waals surface area contributed by atoms with Crippen LogP contribution in [-0.4, -0.2) is 145 Å². The summed E-state index contributed by atoms with van der Waals surface area (Å²) in [6.45, 7) is 18.2. The van der Waals surface area contributed by atoms with Gasteiger partial charge >= 0.3 is 0 Å². The van der Waals surface area contributed by atoms with Gasteiger partial charge in [0.15, 0.2) is 0 Å². The molecule has 0 spiro atoms. The van der Waals surface area contributed by atoms with Crippen LogP contribution in [0.2, 0.25) is 0 Å². The van der Waals surface area contributed by atoms with Gasteiger partial charge in [-0.15, -0.1) is 11.3 Å². The molecule has 0 bridgehead atoms. The molecule has 2 aromatic heterocycles. The topological polar surface area (TPSA) is 250 Å². The molecular formula is C55H73N11O9S2. The van der Waals surface area contributed by atoms with Crippen molar-refractivity contribution in [2.75, 3.05) is 74.7 Å². The number of carbonyl (C=O) groups is 4. The Morgan fingerprint density at radius 2 is 1.52 bits per heavy atom. The number of nitrogens with one attached hydrogen (secondary N) is 5. The fraction of sp³-hybridized carbons (Fsp3) is 0.473. The number of ether oxygens (including phenoxy) is 2. The largest absolute Gasteiger partial charge is 0.391 e. The van der Waals surface area contributed by atoms with Gasteiger partial charge in [-0.25, -0.2) is 23.1 Å². The molecule has 4 amide bonds. The molecule has 2 fully saturated rings. The van der Waals surface area contributed by atoms with Crippen molar-refractivity contribution in [2.24, 2.45) is 5.41 Å². The number of sulfonamides is 1. The third kappa shape index (κ3) is 16.5. The summed E-state index contributed by atoms with van der Waals surface area (Å²) in [5.74, 6) is -0.300. The van der Waals surface area contributed by atoms with Crippen LogP contribution < -0.4 is 30.9 Å². The van der Waals surface area contributed by atoms with Gasteiger partial charge in [-0.05, 0) is 93.6 Å². The average molecular weight is 1100 g/mol. The van der Waals surface area contributed by atoms with Crippen molar-refractivity contribution in [3.05, 3.63) is 101 Å². The first-order chi connectivity index (χ1) is 36.5. The smallest absolute Gasteiger partial charge is 0.246 e. The highest BCUT2D eigenvalue weighted by atomic mass is 32.2. The molecule has 4 heterocycles. The van der Waals surface area contributed by atoms with Crippen LogP contribution in [0.3, 0.4) is 0 Å². The third-order valence-corrected chi connectivity index (χ3v) is 15.7. The van der Waals surface area contributed by atoms with E-state index >= 15 is 0 Å². The van der Waals surface area contributed by atoms with E-state index in [-0.39, 0.29) is 81.4 Å². The number of β-amino-alcohol motifs (C(OH)–C–C–N with tert-alkyl or cyclic N) is 1. The number of thiazole rings is 1. The Morgan fingerprint density at radius 3 is 2.17 bits per heavy atom. The number of nitrogens with zero attached hydrogens (tertiary/aromatic N) is 6. The van der Waals surface area contributed by atoms with Gasteiger partial charge < -0.3 is 50.5 Å². The number of aromatic nitrogens is 3. The van der Waals surface area contributed by atoms with Gasteiger partial charge in [0, 0.05) is 86.5 Å². The summed E-state index contributed by atoms with van der Waals surface area (Å²) in [4.78, 5) is 73.7. The molecule has 2 aliphatic heterocycles. The maximum atomic E-state index is 14.0. The Labute approximate surface area is 455 Å². The number of carbonyl (C=O) groups excluding carboxylic acids is 4. The molecule has 20 nitrogen and oxygen atoms in total. The van der Waals surface area contributed by atoms with Gasteiger partial charge in [0.2, 0.25) is 39.6 Å². The minimum absolute atomic E-state index is 0.00604. The van der Waals surface area contributed by atoms with Crippen LogP contribution in [-0.2, 0) is 45.2 Å². The molecule has 0 saturated carbocycles. The standard InChI is InChI=1S/C55H73N11O9S2/c1-36-32-57-53(62-50(36)59-41-10-9-11-44(30-41)77(72,73)63-55(6,7)8)60-40-16-18-42(19-17-40)64-22-24-65(25-23-64)47(69)21-27-75-29-28-74-26-20-46(68)61-49(54(3,4)5)52(71)66-34-43(67)31-45(66)51(70)56-33-38-12-14-39(15-13-38)48-37(2)58-35-76-48/h9-19,30,32,35,43,45,49,63,67H,20-29,31,33-34H2,1-8H3,(H,56,70)(H,61,68)(H2,57,59,60,62)/t43-,45+,49?/m1/s1. The van der Waals surface area contributed by atoms with Gasteiger partial charge in [0.1, 0.15) is 17.9 Å². The lowest BCUT2D eigenvalue weighted by molar-refractivity contribution is -0.144. The van der Waals surface area contributed by atoms with Crippen molar-refractivity contribution in [3.8, 4) is 10.4 Å². The van der Waals surface area contributed by atoms with Crippen LogP contribution in [0.25, 0.3) is 10.4 Å². The number of benzene rings is 3. The summed E-state index contributed by atoms with van der Waals surface area (Å²) in [6, 6.07) is 20.5. The van der Waals surface area contributed by atoms with E-state index in [2.05, 4.69) is 45.8 Å². The van der Waals surface area contributed by atoms with Gasteiger partial charge in [-0.1, -0.05) is 51.1 Å². The van der Waals surface area contributed by atoms with Crippen molar-refractivity contribution < 1.29 is 42.2 Å². The molecule has 1 unspecified atom stereocenters. The second-order valence-electron chi connectivity index (χ2n) is 21.4. The maximum absolute atomic E-state index is 14.0. The summed E-state index contributed by atoms with van der Waals surface area (Å²) in [6.07, 6.45) is 1.12. The number of hydrogen-bond donors (Lipinski definition) is 6. The minimum atomic E-state index is -3.73. The Hall–Kier alpha value is -6.56. The van der Waals surface area contributed by atoms with Crippen LogP contribution in [0.4, 0.5) is 28.8 Å². The number of amides is 4. The van der Waals surface area contributed by atoms with Gasteiger partial charge in [0.25, 0.3) is 0 Å². The Morgan fingerprint density at radius 1 is 0.831 bits per heavy atom. The summed E-state index contributed by atoms with van der Waals surface area (Å²) < 4.78 is 39.9. The summed E-state index contributed by atoms with van der Waals surface area (Å²) in [5, 5.41) is 22.8. The van der Waals surface area contributed by atoms with E-state index in [1.165, 1.54) is 4.90 Å². The van der Waals surface area contributed by atoms with E-state index in [1.807, 2.05) is 93.6 Å². The predicted octanol–water partition coefficient (Wildman–Crippen LogP) is 6.05. The highest BCUT2D eigenvalue weighted by molar-refractivity contribution is 7.89. The quantitative estimate of drug-likeness (QED) is 0.0432. The lowest BCUT2D eigenvalue weighted by Gasteiger charge is -2.36. The fourth-order valence-corrected chi connectivity index (χ4v) is 11.2. The maximum Gasteiger partial charge on any atom is 0.246 e. The van der Waals surface area contributed by atoms with Crippen molar-refractivity contribution >= 4 is 73.8 Å². The number of rotatable bonds is 22. The van der Waals surface area contributed by atoms with Crippen LogP contribution in [0.15, 0.2) is 89.4 Å². The number of anilines is 5. The van der Waals surface area contributed by atoms with Crippen molar-refractivity contribution in [1.82, 2.24) is 40.1 Å². The van der Waals surface area contributed by atoms with E-state index in [4.69, 9.17) is 9.47 Å². The summed E-state index contributed by atoms with van der Waals surface area (Å²) in [5.41, 5.74) is 6.51. The van der Waals surface area contributed by atoms with E-state index in [0.717, 1.165) is 38.6 Å². The lowest BCUT2D eigenvalue weighted by atomic mass is 9.85. The zero-order chi connectivity index (χ0) is 55.5. The second-order valence-corrected chi connectivity index (χ2v) is 24.0. The number of aliphatic hydroxyl groups is 1. The molecule has 0 aliphatic carbocycles. The third-order valence-electron chi connectivity index (χ3n) is 13.0. The van der Waals surface area contributed by atoms with Gasteiger partial charge in [-0.2, -0.15) is 4.98 Å². The molecule has 0 radical (unpaired) electrons. The van der Waals surface area contributed by atoms with E-state index in [9.17, 15) is 32.7 Å². The highest BCUT2D eigenvalue weighted by Gasteiger charge is 2.44. The fourth-order valence-electron chi connectivity index (χ4n) is 8.89. The number of hydrogen-bond acceptors (Lipinski definition) is 16. The van der Waals surface area contributed by atoms with Crippen LogP contribution in [0.1, 0.15) is 77.6 Å². The van der Waals surface area contributed by atoms with Crippen molar-refractivity contribution in [1.29, 1.82) is 0 Å². The molecule has 3 aromatic carbocycles. The predicted molar refractivity (Wildman–Crippen MR) is 298 cm³/mol. The first kappa shape index (κ1) is 58.1.